The van der Waals surface area contributed by atoms with Gasteiger partial charge in [0.25, 0.3) is 0 Å². The van der Waals surface area contributed by atoms with E-state index in [1.165, 1.54) is 7.11 Å². The van der Waals surface area contributed by atoms with E-state index in [0.717, 1.165) is 0 Å². The zero-order valence-corrected chi connectivity index (χ0v) is 8.12. The predicted octanol–water partition coefficient (Wildman–Crippen LogP) is 0.608. The lowest BCUT2D eigenvalue weighted by molar-refractivity contribution is -0.160. The molecular weight excluding hydrogens is 179 g/mol. The Bertz CT molecular complexity index is 102. The fourth-order valence-corrected chi connectivity index (χ4v) is 0.682. The van der Waals surface area contributed by atoms with Gasteiger partial charge in [-0.25, -0.2) is 4.39 Å². The minimum absolute atomic E-state index is 0.0339. The number of rotatable bonds is 9. The predicted molar refractivity (Wildman–Crippen MR) is 45.4 cm³/mol. The molecule has 1 unspecified atom stereocenters. The fourth-order valence-electron chi connectivity index (χ4n) is 0.682. The van der Waals surface area contributed by atoms with Crippen molar-refractivity contribution in [1.29, 1.82) is 0 Å². The molecule has 0 bridgehead atoms. The third-order valence-corrected chi connectivity index (χ3v) is 1.33. The Hall–Kier alpha value is -0.230. The van der Waals surface area contributed by atoms with Crippen LogP contribution in [0.5, 0.6) is 0 Å². The molecule has 1 atom stereocenters. The van der Waals surface area contributed by atoms with Gasteiger partial charge in [-0.05, 0) is 0 Å². The van der Waals surface area contributed by atoms with Crippen molar-refractivity contribution >= 4 is 0 Å². The van der Waals surface area contributed by atoms with Crippen molar-refractivity contribution in [3.05, 3.63) is 0 Å². The van der Waals surface area contributed by atoms with Gasteiger partial charge in [-0.2, -0.15) is 0 Å². The molecule has 0 N–H and O–H groups in total. The monoisotopic (exact) mass is 196 g/mol. The number of halogens is 1. The third-order valence-electron chi connectivity index (χ3n) is 1.33. The Kier molecular flexibility index (Phi) is 9.68. The molecule has 0 aliphatic heterocycles. The summed E-state index contributed by atoms with van der Waals surface area (Å²) in [7, 11) is 3.08. The highest BCUT2D eigenvalue weighted by Gasteiger charge is 2.06. The van der Waals surface area contributed by atoms with Crippen LogP contribution in [0.1, 0.15) is 0 Å². The molecule has 0 amide bonds. The van der Waals surface area contributed by atoms with Gasteiger partial charge in [0.05, 0.1) is 26.4 Å². The number of hydrogen-bond donors (Lipinski definition) is 0. The summed E-state index contributed by atoms with van der Waals surface area (Å²) in [4.78, 5) is 0. The Morgan fingerprint density at radius 1 is 1.15 bits per heavy atom. The van der Waals surface area contributed by atoms with Crippen LogP contribution in [0.4, 0.5) is 4.39 Å². The Morgan fingerprint density at radius 2 is 1.92 bits per heavy atom. The minimum atomic E-state index is -0.516. The van der Waals surface area contributed by atoms with Gasteiger partial charge in [-0.15, -0.1) is 0 Å². The lowest BCUT2D eigenvalue weighted by atomic mass is 10.6. The smallest absolute Gasteiger partial charge is 0.180 e. The van der Waals surface area contributed by atoms with Crippen LogP contribution in [0, 0.1) is 0 Å². The largest absolute Gasteiger partial charge is 0.382 e. The van der Waals surface area contributed by atoms with Gasteiger partial charge in [0.1, 0.15) is 6.67 Å². The molecule has 0 aliphatic carbocycles. The van der Waals surface area contributed by atoms with E-state index in [-0.39, 0.29) is 6.61 Å². The quantitative estimate of drug-likeness (QED) is 0.400. The molecule has 0 aliphatic rings. The van der Waals surface area contributed by atoms with Crippen LogP contribution in [0.25, 0.3) is 0 Å². The molecule has 0 spiro atoms. The summed E-state index contributed by atoms with van der Waals surface area (Å²) in [5.41, 5.74) is 0. The number of methoxy groups -OCH3 is 2. The van der Waals surface area contributed by atoms with Crippen LogP contribution in [-0.4, -0.2) is 53.6 Å². The van der Waals surface area contributed by atoms with Crippen molar-refractivity contribution in [2.24, 2.45) is 0 Å². The molecule has 0 rings (SSSR count). The molecule has 13 heavy (non-hydrogen) atoms. The van der Waals surface area contributed by atoms with Crippen molar-refractivity contribution in [3.8, 4) is 0 Å². The van der Waals surface area contributed by atoms with Gasteiger partial charge in [-0.3, -0.25) is 0 Å². The highest BCUT2D eigenvalue weighted by atomic mass is 19.1. The Labute approximate surface area is 77.9 Å². The average molecular weight is 196 g/mol. The molecule has 80 valence electrons. The van der Waals surface area contributed by atoms with E-state index >= 15 is 0 Å². The first kappa shape index (κ1) is 12.8. The Balaban J connectivity index is 3.25. The van der Waals surface area contributed by atoms with Crippen LogP contribution in [0.2, 0.25) is 0 Å². The second-order valence-electron chi connectivity index (χ2n) is 2.29. The van der Waals surface area contributed by atoms with Crippen molar-refractivity contribution in [2.45, 2.75) is 6.29 Å². The first-order valence-corrected chi connectivity index (χ1v) is 4.12. The summed E-state index contributed by atoms with van der Waals surface area (Å²) in [6, 6.07) is 0. The molecule has 0 saturated carbocycles. The average Bonchev–Trinajstić information content (AvgIpc) is 2.17. The van der Waals surface area contributed by atoms with Gasteiger partial charge < -0.3 is 18.9 Å². The van der Waals surface area contributed by atoms with E-state index < -0.39 is 13.0 Å². The third kappa shape index (κ3) is 8.11. The second-order valence-corrected chi connectivity index (χ2v) is 2.29. The molecule has 5 heteroatoms. The van der Waals surface area contributed by atoms with Gasteiger partial charge in [0, 0.05) is 14.2 Å². The van der Waals surface area contributed by atoms with Gasteiger partial charge in [-0.1, -0.05) is 0 Å². The van der Waals surface area contributed by atoms with Crippen LogP contribution >= 0.6 is 0 Å². The molecule has 0 heterocycles. The highest BCUT2D eigenvalue weighted by molar-refractivity contribution is 4.41. The first-order valence-electron chi connectivity index (χ1n) is 4.12. The van der Waals surface area contributed by atoms with Gasteiger partial charge in [0.15, 0.2) is 6.29 Å². The van der Waals surface area contributed by atoms with Crippen LogP contribution in [-0.2, 0) is 18.9 Å². The van der Waals surface area contributed by atoms with E-state index in [9.17, 15) is 4.39 Å². The van der Waals surface area contributed by atoms with E-state index in [1.54, 1.807) is 7.11 Å². The lowest BCUT2D eigenvalue weighted by Crippen LogP contribution is -2.24. The van der Waals surface area contributed by atoms with E-state index in [1.807, 2.05) is 0 Å². The van der Waals surface area contributed by atoms with Crippen LogP contribution < -0.4 is 0 Å². The lowest BCUT2D eigenvalue weighted by Gasteiger charge is -2.15. The van der Waals surface area contributed by atoms with Crippen molar-refractivity contribution in [3.63, 3.8) is 0 Å². The summed E-state index contributed by atoms with van der Waals surface area (Å²) >= 11 is 0. The van der Waals surface area contributed by atoms with Crippen molar-refractivity contribution in [1.82, 2.24) is 0 Å². The van der Waals surface area contributed by atoms with Crippen molar-refractivity contribution < 1.29 is 23.3 Å². The van der Waals surface area contributed by atoms with Crippen molar-refractivity contribution in [2.75, 3.05) is 47.3 Å². The normalized spacial score (nSPS) is 13.2. The van der Waals surface area contributed by atoms with E-state index in [0.29, 0.717) is 19.8 Å². The maximum Gasteiger partial charge on any atom is 0.180 e. The summed E-state index contributed by atoms with van der Waals surface area (Å²) < 4.78 is 31.4. The summed E-state index contributed by atoms with van der Waals surface area (Å²) in [5, 5.41) is 0. The Morgan fingerprint density at radius 3 is 2.46 bits per heavy atom. The zero-order valence-electron chi connectivity index (χ0n) is 8.12. The molecule has 0 aromatic heterocycles. The number of alkyl halides is 1. The summed E-state index contributed by atoms with van der Waals surface area (Å²) in [5.74, 6) is 0. The maximum atomic E-state index is 11.7. The topological polar surface area (TPSA) is 36.9 Å². The minimum Gasteiger partial charge on any atom is -0.382 e. The number of ether oxygens (including phenoxy) is 4. The first-order chi connectivity index (χ1) is 6.35. The van der Waals surface area contributed by atoms with Crippen LogP contribution in [0.3, 0.4) is 0 Å². The molecule has 4 nitrogen and oxygen atoms in total. The number of hydrogen-bond acceptors (Lipinski definition) is 4. The second kappa shape index (κ2) is 9.85. The van der Waals surface area contributed by atoms with Gasteiger partial charge >= 0.3 is 0 Å². The fraction of sp³-hybridized carbons (Fsp3) is 1.00. The van der Waals surface area contributed by atoms with E-state index in [2.05, 4.69) is 0 Å². The molecular formula is C8H17FO4. The molecule has 0 saturated heterocycles. The van der Waals surface area contributed by atoms with E-state index in [4.69, 9.17) is 18.9 Å². The summed E-state index contributed by atoms with van der Waals surface area (Å²) in [6.45, 7) is 0.818. The molecule has 0 radical (unpaired) electrons. The van der Waals surface area contributed by atoms with Gasteiger partial charge in [0.2, 0.25) is 0 Å². The maximum absolute atomic E-state index is 11.7. The van der Waals surface area contributed by atoms with Crippen LogP contribution in [0.15, 0.2) is 0 Å². The molecule has 0 aromatic carbocycles. The standard InChI is InChI=1S/C8H17FO4/c1-10-5-6-12-7-8(11-2)13-4-3-9/h8H,3-7H2,1-2H3. The SMILES string of the molecule is COCCOCC(OC)OCCF. The zero-order chi connectivity index (χ0) is 9.94. The highest BCUT2D eigenvalue weighted by Crippen LogP contribution is 1.94. The summed E-state index contributed by atoms with van der Waals surface area (Å²) in [6.07, 6.45) is -0.493. The molecule has 0 fully saturated rings. The molecule has 0 aromatic rings.